The summed E-state index contributed by atoms with van der Waals surface area (Å²) in [5.41, 5.74) is 2.04. The monoisotopic (exact) mass is 342 g/mol. The van der Waals surface area contributed by atoms with E-state index in [1.165, 1.54) is 12.1 Å². The molecule has 0 aliphatic carbocycles. The summed E-state index contributed by atoms with van der Waals surface area (Å²) in [6.45, 7) is 2.82. The van der Waals surface area contributed by atoms with E-state index in [1.807, 2.05) is 18.2 Å². The third-order valence-electron chi connectivity index (χ3n) is 3.41. The van der Waals surface area contributed by atoms with Crippen molar-refractivity contribution in [1.82, 2.24) is 15.2 Å². The van der Waals surface area contributed by atoms with Crippen LogP contribution in [0.2, 0.25) is 5.02 Å². The number of benzene rings is 2. The van der Waals surface area contributed by atoms with Crippen molar-refractivity contribution in [2.45, 2.75) is 13.3 Å². The molecule has 1 N–H and O–H groups in total. The molecule has 2 aromatic carbocycles. The highest BCUT2D eigenvalue weighted by atomic mass is 35.5. The third kappa shape index (κ3) is 3.68. The zero-order chi connectivity index (χ0) is 16.9. The second-order valence-electron chi connectivity index (χ2n) is 5.28. The molecule has 122 valence electrons. The van der Waals surface area contributed by atoms with Gasteiger partial charge in [0.15, 0.2) is 11.6 Å². The van der Waals surface area contributed by atoms with E-state index in [-0.39, 0.29) is 5.82 Å². The summed E-state index contributed by atoms with van der Waals surface area (Å²) >= 11 is 6.10. The van der Waals surface area contributed by atoms with Crippen LogP contribution in [0.3, 0.4) is 0 Å². The van der Waals surface area contributed by atoms with E-state index in [0.29, 0.717) is 27.9 Å². The van der Waals surface area contributed by atoms with Crippen LogP contribution in [0.1, 0.15) is 13.3 Å². The maximum atomic E-state index is 13.5. The van der Waals surface area contributed by atoms with Crippen LogP contribution in [0.25, 0.3) is 22.6 Å². The van der Waals surface area contributed by atoms with Crippen molar-refractivity contribution in [2.24, 2.45) is 0 Å². The Balaban J connectivity index is 2.10. The van der Waals surface area contributed by atoms with Gasteiger partial charge < -0.3 is 5.32 Å². The second-order valence-corrected chi connectivity index (χ2v) is 5.72. The van der Waals surface area contributed by atoms with Crippen LogP contribution in [0, 0.1) is 5.82 Å². The van der Waals surface area contributed by atoms with E-state index in [9.17, 15) is 4.39 Å². The Labute approximate surface area is 144 Å². The first-order valence-electron chi connectivity index (χ1n) is 7.68. The lowest BCUT2D eigenvalue weighted by Crippen LogP contribution is -2.07. The third-order valence-corrected chi connectivity index (χ3v) is 3.65. The van der Waals surface area contributed by atoms with Crippen molar-refractivity contribution in [3.05, 3.63) is 59.4 Å². The highest BCUT2D eigenvalue weighted by Crippen LogP contribution is 2.28. The van der Waals surface area contributed by atoms with Crippen LogP contribution >= 0.6 is 11.6 Å². The van der Waals surface area contributed by atoms with E-state index >= 15 is 0 Å². The van der Waals surface area contributed by atoms with Crippen molar-refractivity contribution < 1.29 is 4.39 Å². The molecule has 0 unspecified atom stereocenters. The molecule has 24 heavy (non-hydrogen) atoms. The minimum atomic E-state index is -0.339. The standard InChI is InChI=1S/C18H16ClFN4/c1-2-9-21-18-16(12-5-3-7-14(19)10-12)22-17(23-24-18)13-6-4-8-15(20)11-13/h3-8,10-11H,2,9H2,1H3,(H,21,24). The van der Waals surface area contributed by atoms with Gasteiger partial charge in [-0.1, -0.05) is 42.8 Å². The highest BCUT2D eigenvalue weighted by molar-refractivity contribution is 6.30. The van der Waals surface area contributed by atoms with Gasteiger partial charge in [-0.15, -0.1) is 10.2 Å². The molecule has 0 aliphatic rings. The van der Waals surface area contributed by atoms with E-state index in [2.05, 4.69) is 27.4 Å². The van der Waals surface area contributed by atoms with Crippen LogP contribution in [0.15, 0.2) is 48.5 Å². The van der Waals surface area contributed by atoms with Gasteiger partial charge >= 0.3 is 0 Å². The maximum absolute atomic E-state index is 13.5. The van der Waals surface area contributed by atoms with Crippen LogP contribution < -0.4 is 5.32 Å². The van der Waals surface area contributed by atoms with Crippen molar-refractivity contribution >= 4 is 17.4 Å². The summed E-state index contributed by atoms with van der Waals surface area (Å²) in [4.78, 5) is 4.59. The molecule has 0 amide bonds. The minimum absolute atomic E-state index is 0.339. The number of rotatable bonds is 5. The Hall–Kier alpha value is -2.53. The second kappa shape index (κ2) is 7.36. The fourth-order valence-electron chi connectivity index (χ4n) is 2.28. The van der Waals surface area contributed by atoms with Crippen molar-refractivity contribution in [2.75, 3.05) is 11.9 Å². The van der Waals surface area contributed by atoms with Gasteiger partial charge in [0.05, 0.1) is 0 Å². The lowest BCUT2D eigenvalue weighted by molar-refractivity contribution is 0.628. The highest BCUT2D eigenvalue weighted by Gasteiger charge is 2.13. The topological polar surface area (TPSA) is 50.7 Å². The maximum Gasteiger partial charge on any atom is 0.182 e. The molecule has 0 fully saturated rings. The van der Waals surface area contributed by atoms with E-state index in [0.717, 1.165) is 18.5 Å². The van der Waals surface area contributed by atoms with Gasteiger partial charge in [-0.25, -0.2) is 9.37 Å². The van der Waals surface area contributed by atoms with E-state index in [1.54, 1.807) is 18.2 Å². The van der Waals surface area contributed by atoms with E-state index < -0.39 is 0 Å². The molecular formula is C18H16ClFN4. The molecule has 1 aromatic heterocycles. The fraction of sp³-hybridized carbons (Fsp3) is 0.167. The first-order valence-corrected chi connectivity index (χ1v) is 8.05. The minimum Gasteiger partial charge on any atom is -0.367 e. The van der Waals surface area contributed by atoms with Crippen molar-refractivity contribution in [3.63, 3.8) is 0 Å². The molecule has 0 saturated carbocycles. The number of aromatic nitrogens is 3. The largest absolute Gasteiger partial charge is 0.367 e. The molecule has 0 atom stereocenters. The van der Waals surface area contributed by atoms with E-state index in [4.69, 9.17) is 11.6 Å². The molecule has 6 heteroatoms. The number of nitrogens with zero attached hydrogens (tertiary/aromatic N) is 3. The predicted octanol–water partition coefficient (Wildman–Crippen LogP) is 4.82. The van der Waals surface area contributed by atoms with Crippen molar-refractivity contribution in [3.8, 4) is 22.6 Å². The van der Waals surface area contributed by atoms with Gasteiger partial charge in [-0.2, -0.15) is 0 Å². The Bertz CT molecular complexity index is 854. The average molecular weight is 343 g/mol. The van der Waals surface area contributed by atoms with Gasteiger partial charge in [0.1, 0.15) is 11.5 Å². The van der Waals surface area contributed by atoms with Crippen LogP contribution in [0.4, 0.5) is 10.2 Å². The summed E-state index contributed by atoms with van der Waals surface area (Å²) in [6.07, 6.45) is 0.947. The quantitative estimate of drug-likeness (QED) is 0.722. The SMILES string of the molecule is CCCNc1nnc(-c2cccc(F)c2)nc1-c1cccc(Cl)c1. The smallest absolute Gasteiger partial charge is 0.182 e. The van der Waals surface area contributed by atoms with Gasteiger partial charge in [0, 0.05) is 22.7 Å². The summed E-state index contributed by atoms with van der Waals surface area (Å²) in [6, 6.07) is 13.5. The molecule has 0 aliphatic heterocycles. The number of halogens is 2. The number of anilines is 1. The Morgan fingerprint density at radius 1 is 1.04 bits per heavy atom. The summed E-state index contributed by atoms with van der Waals surface area (Å²) in [5, 5.41) is 12.2. The van der Waals surface area contributed by atoms with Crippen LogP contribution in [-0.2, 0) is 0 Å². The normalized spacial score (nSPS) is 10.6. The average Bonchev–Trinajstić information content (AvgIpc) is 2.60. The molecule has 3 rings (SSSR count). The zero-order valence-corrected chi connectivity index (χ0v) is 13.9. The van der Waals surface area contributed by atoms with Crippen LogP contribution in [0.5, 0.6) is 0 Å². The number of hydrogen-bond donors (Lipinski definition) is 1. The molecule has 0 bridgehead atoms. The van der Waals surface area contributed by atoms with Gasteiger partial charge in [0.2, 0.25) is 0 Å². The number of nitrogens with one attached hydrogen (secondary N) is 1. The fourth-order valence-corrected chi connectivity index (χ4v) is 2.47. The summed E-state index contributed by atoms with van der Waals surface area (Å²) < 4.78 is 13.5. The molecule has 4 nitrogen and oxygen atoms in total. The Kier molecular flexibility index (Phi) is 5.01. The lowest BCUT2D eigenvalue weighted by atomic mass is 10.1. The molecule has 0 spiro atoms. The Morgan fingerprint density at radius 3 is 2.58 bits per heavy atom. The van der Waals surface area contributed by atoms with Gasteiger partial charge in [-0.05, 0) is 30.7 Å². The molecular weight excluding hydrogens is 327 g/mol. The molecule has 3 aromatic rings. The Morgan fingerprint density at radius 2 is 1.83 bits per heavy atom. The van der Waals surface area contributed by atoms with Gasteiger partial charge in [-0.3, -0.25) is 0 Å². The summed E-state index contributed by atoms with van der Waals surface area (Å²) in [7, 11) is 0. The first-order chi connectivity index (χ1) is 11.7. The molecule has 1 heterocycles. The van der Waals surface area contributed by atoms with Gasteiger partial charge in [0.25, 0.3) is 0 Å². The predicted molar refractivity (Wildman–Crippen MR) is 94.4 cm³/mol. The van der Waals surface area contributed by atoms with Crippen LogP contribution in [-0.4, -0.2) is 21.7 Å². The first kappa shape index (κ1) is 16.3. The molecule has 0 radical (unpaired) electrons. The molecule has 0 saturated heterocycles. The number of hydrogen-bond acceptors (Lipinski definition) is 4. The van der Waals surface area contributed by atoms with Crippen molar-refractivity contribution in [1.29, 1.82) is 0 Å². The lowest BCUT2D eigenvalue weighted by Gasteiger charge is -2.11. The summed E-state index contributed by atoms with van der Waals surface area (Å²) in [5.74, 6) is 0.611. The zero-order valence-electron chi connectivity index (χ0n) is 13.1.